The van der Waals surface area contributed by atoms with Gasteiger partial charge in [-0.15, -0.1) is 0 Å². The number of carbonyl (C=O) groups is 2. The van der Waals surface area contributed by atoms with Crippen LogP contribution >= 0.6 is 0 Å². The predicted octanol–water partition coefficient (Wildman–Crippen LogP) is 2.51. The summed E-state index contributed by atoms with van der Waals surface area (Å²) >= 11 is 0. The third-order valence-electron chi connectivity index (χ3n) is 7.20. The molecule has 0 radical (unpaired) electrons. The van der Waals surface area contributed by atoms with E-state index in [0.29, 0.717) is 70.4 Å². The fourth-order valence-electron chi connectivity index (χ4n) is 4.84. The highest BCUT2D eigenvalue weighted by atomic mass is 19.1. The molecule has 38 heavy (non-hydrogen) atoms. The van der Waals surface area contributed by atoms with Crippen LogP contribution in [0.15, 0.2) is 18.5 Å². The van der Waals surface area contributed by atoms with Crippen LogP contribution in [0.2, 0.25) is 0 Å². The SMILES string of the molecule is COCC(=O)N1CC[C@@H](NC(=O)c2c(C)[nH]c3c(-c4cc(C)c(F)cc4OCC4CC4)ncnc23)[C@@H](O)C1. The lowest BCUT2D eigenvalue weighted by molar-refractivity contribution is -0.138. The third kappa shape index (κ3) is 5.21. The minimum Gasteiger partial charge on any atom is -0.492 e. The Kier molecular flexibility index (Phi) is 7.31. The van der Waals surface area contributed by atoms with Gasteiger partial charge in [-0.3, -0.25) is 9.59 Å². The summed E-state index contributed by atoms with van der Waals surface area (Å²) in [4.78, 5) is 39.1. The van der Waals surface area contributed by atoms with E-state index in [-0.39, 0.29) is 30.8 Å². The maximum absolute atomic E-state index is 14.4. The molecule has 2 aliphatic rings. The van der Waals surface area contributed by atoms with Crippen molar-refractivity contribution in [2.75, 3.05) is 33.4 Å². The molecule has 3 aromatic rings. The molecule has 3 heterocycles. The highest BCUT2D eigenvalue weighted by molar-refractivity contribution is 6.09. The quantitative estimate of drug-likeness (QED) is 0.412. The number of β-amino-alcohol motifs (C(OH)–C–C–N with tert-alkyl or cyclic N) is 1. The number of aromatic amines is 1. The van der Waals surface area contributed by atoms with Gasteiger partial charge in [0.15, 0.2) is 0 Å². The number of aromatic nitrogens is 3. The van der Waals surface area contributed by atoms with Gasteiger partial charge in [-0.2, -0.15) is 0 Å². The molecule has 3 N–H and O–H groups in total. The van der Waals surface area contributed by atoms with Gasteiger partial charge in [0.2, 0.25) is 5.91 Å². The molecule has 11 heteroatoms. The summed E-state index contributed by atoms with van der Waals surface area (Å²) in [5.41, 5.74) is 3.47. The van der Waals surface area contributed by atoms with Crippen LogP contribution in [-0.2, 0) is 9.53 Å². The first-order chi connectivity index (χ1) is 18.3. The predicted molar refractivity (Wildman–Crippen MR) is 137 cm³/mol. The topological polar surface area (TPSA) is 130 Å². The molecule has 2 atom stereocenters. The van der Waals surface area contributed by atoms with E-state index in [0.717, 1.165) is 12.8 Å². The van der Waals surface area contributed by atoms with Crippen LogP contribution in [0.25, 0.3) is 22.3 Å². The number of benzene rings is 1. The van der Waals surface area contributed by atoms with Crippen molar-refractivity contribution in [2.45, 2.75) is 45.3 Å². The van der Waals surface area contributed by atoms with Crippen LogP contribution in [0.4, 0.5) is 4.39 Å². The number of rotatable bonds is 8. The molecule has 1 aliphatic carbocycles. The number of carbonyl (C=O) groups excluding carboxylic acids is 2. The van der Waals surface area contributed by atoms with Crippen LogP contribution in [0.1, 0.15) is 40.9 Å². The Morgan fingerprint density at radius 2 is 2.03 bits per heavy atom. The molecule has 10 nitrogen and oxygen atoms in total. The summed E-state index contributed by atoms with van der Waals surface area (Å²) < 4.78 is 25.3. The zero-order valence-electron chi connectivity index (χ0n) is 21.7. The number of hydrogen-bond acceptors (Lipinski definition) is 7. The van der Waals surface area contributed by atoms with E-state index in [1.54, 1.807) is 19.9 Å². The number of aliphatic hydroxyl groups excluding tert-OH is 1. The molecule has 202 valence electrons. The first kappa shape index (κ1) is 26.1. The number of likely N-dealkylation sites (tertiary alicyclic amines) is 1. The number of nitrogens with zero attached hydrogens (tertiary/aromatic N) is 3. The number of aryl methyl sites for hydroxylation is 2. The molecular formula is C27H32FN5O5. The molecule has 5 rings (SSSR count). The zero-order chi connectivity index (χ0) is 27.0. The molecule has 2 amide bonds. The van der Waals surface area contributed by atoms with Gasteiger partial charge in [0.05, 0.1) is 29.8 Å². The summed E-state index contributed by atoms with van der Waals surface area (Å²) in [7, 11) is 1.44. The number of nitrogens with one attached hydrogen (secondary N) is 2. The van der Waals surface area contributed by atoms with Gasteiger partial charge in [-0.25, -0.2) is 14.4 Å². The Morgan fingerprint density at radius 3 is 2.74 bits per heavy atom. The number of piperidine rings is 1. The Hall–Kier alpha value is -3.57. The van der Waals surface area contributed by atoms with Gasteiger partial charge in [0, 0.05) is 37.5 Å². The normalized spacial score (nSPS) is 19.6. The highest BCUT2D eigenvalue weighted by Crippen LogP contribution is 2.37. The molecule has 1 aliphatic heterocycles. The van der Waals surface area contributed by atoms with Crippen LogP contribution in [0.3, 0.4) is 0 Å². The maximum Gasteiger partial charge on any atom is 0.255 e. The van der Waals surface area contributed by atoms with E-state index >= 15 is 0 Å². The van der Waals surface area contributed by atoms with Gasteiger partial charge < -0.3 is 29.8 Å². The van der Waals surface area contributed by atoms with E-state index < -0.39 is 12.1 Å². The van der Waals surface area contributed by atoms with E-state index in [9.17, 15) is 19.1 Å². The molecular weight excluding hydrogens is 493 g/mol. The lowest BCUT2D eigenvalue weighted by Gasteiger charge is -2.36. The maximum atomic E-state index is 14.4. The zero-order valence-corrected chi connectivity index (χ0v) is 21.7. The van der Waals surface area contributed by atoms with Crippen molar-refractivity contribution in [2.24, 2.45) is 5.92 Å². The number of fused-ring (bicyclic) bond motifs is 1. The van der Waals surface area contributed by atoms with Gasteiger partial charge >= 0.3 is 0 Å². The van der Waals surface area contributed by atoms with Crippen molar-refractivity contribution < 1.29 is 28.6 Å². The second-order valence-corrected chi connectivity index (χ2v) is 10.1. The second-order valence-electron chi connectivity index (χ2n) is 10.1. The molecule has 1 saturated carbocycles. The van der Waals surface area contributed by atoms with Gasteiger partial charge in [-0.1, -0.05) is 0 Å². The molecule has 0 bridgehead atoms. The van der Waals surface area contributed by atoms with Gasteiger partial charge in [-0.05, 0) is 50.7 Å². The van der Waals surface area contributed by atoms with Crippen molar-refractivity contribution in [3.8, 4) is 17.0 Å². The fraction of sp³-hybridized carbons (Fsp3) is 0.481. The van der Waals surface area contributed by atoms with Gasteiger partial charge in [0.1, 0.15) is 35.7 Å². The summed E-state index contributed by atoms with van der Waals surface area (Å²) in [6.45, 7) is 4.42. The first-order valence-electron chi connectivity index (χ1n) is 12.8. The van der Waals surface area contributed by atoms with E-state index in [1.165, 1.54) is 24.4 Å². The molecule has 1 aromatic carbocycles. The number of methoxy groups -OCH3 is 1. The number of ether oxygens (including phenoxy) is 2. The summed E-state index contributed by atoms with van der Waals surface area (Å²) in [6.07, 6.45) is 3.07. The average molecular weight is 526 g/mol. The molecule has 0 spiro atoms. The second kappa shape index (κ2) is 10.7. The van der Waals surface area contributed by atoms with Crippen molar-refractivity contribution in [3.05, 3.63) is 41.1 Å². The van der Waals surface area contributed by atoms with Crippen molar-refractivity contribution in [1.29, 1.82) is 0 Å². The first-order valence-corrected chi connectivity index (χ1v) is 12.8. The molecule has 2 aromatic heterocycles. The van der Waals surface area contributed by atoms with Crippen LogP contribution in [0, 0.1) is 25.6 Å². The number of H-pyrrole nitrogens is 1. The van der Waals surface area contributed by atoms with Crippen LogP contribution in [0.5, 0.6) is 5.75 Å². The van der Waals surface area contributed by atoms with E-state index in [2.05, 4.69) is 20.3 Å². The Bertz CT molecular complexity index is 1370. The van der Waals surface area contributed by atoms with E-state index in [4.69, 9.17) is 9.47 Å². The summed E-state index contributed by atoms with van der Waals surface area (Å²) in [5, 5.41) is 13.5. The van der Waals surface area contributed by atoms with E-state index in [1.807, 2.05) is 0 Å². The largest absolute Gasteiger partial charge is 0.492 e. The highest BCUT2D eigenvalue weighted by Gasteiger charge is 2.32. The number of halogens is 1. The fourth-order valence-corrected chi connectivity index (χ4v) is 4.84. The number of hydrogen-bond donors (Lipinski definition) is 3. The smallest absolute Gasteiger partial charge is 0.255 e. The Balaban J connectivity index is 1.42. The molecule has 1 saturated heterocycles. The average Bonchev–Trinajstić information content (AvgIpc) is 3.65. The monoisotopic (exact) mass is 525 g/mol. The van der Waals surface area contributed by atoms with Gasteiger partial charge in [0.25, 0.3) is 5.91 Å². The summed E-state index contributed by atoms with van der Waals surface area (Å²) in [6, 6.07) is 2.56. The van der Waals surface area contributed by atoms with Crippen molar-refractivity contribution in [1.82, 2.24) is 25.2 Å². The third-order valence-corrected chi connectivity index (χ3v) is 7.20. The standard InChI is InChI=1S/C27H32FN5O5/c1-14-8-17(21(9-18(14)28)38-11-16-4-5-16)24-26-25(30-13-29-24)23(15(2)31-26)27(36)32-19-6-7-33(10-20(19)34)22(35)12-37-3/h8-9,13,16,19-20,31,34H,4-7,10-12H2,1-3H3,(H,32,36)/t19-,20+/m1/s1. The van der Waals surface area contributed by atoms with Crippen LogP contribution < -0.4 is 10.1 Å². The summed E-state index contributed by atoms with van der Waals surface area (Å²) in [5.74, 6) is -0.0672. The molecule has 2 fully saturated rings. The van der Waals surface area contributed by atoms with Crippen molar-refractivity contribution >= 4 is 22.8 Å². The Labute approximate surface area is 219 Å². The van der Waals surface area contributed by atoms with Crippen LogP contribution in [-0.4, -0.2) is 82.3 Å². The number of aliphatic hydroxyl groups is 1. The Morgan fingerprint density at radius 1 is 1.24 bits per heavy atom. The lowest BCUT2D eigenvalue weighted by atomic mass is 10.0. The molecule has 0 unspecified atom stereocenters. The minimum atomic E-state index is -0.919. The number of amides is 2. The minimum absolute atomic E-state index is 0.0543. The lowest BCUT2D eigenvalue weighted by Crippen LogP contribution is -2.55. The van der Waals surface area contributed by atoms with Crippen molar-refractivity contribution in [3.63, 3.8) is 0 Å².